The van der Waals surface area contributed by atoms with E-state index in [-0.39, 0.29) is 23.7 Å². The van der Waals surface area contributed by atoms with Gasteiger partial charge in [-0.15, -0.1) is 0 Å². The van der Waals surface area contributed by atoms with Gasteiger partial charge in [0.2, 0.25) is 11.8 Å². The van der Waals surface area contributed by atoms with Gasteiger partial charge in [0.05, 0.1) is 11.8 Å². The number of unbranched alkanes of at least 4 members (excludes halogenated alkanes) is 1. The van der Waals surface area contributed by atoms with Gasteiger partial charge in [0.1, 0.15) is 0 Å². The van der Waals surface area contributed by atoms with Crippen LogP contribution in [0.15, 0.2) is 0 Å². The summed E-state index contributed by atoms with van der Waals surface area (Å²) < 4.78 is 0. The number of likely N-dealkylation sites (tertiary alicyclic amines) is 1. The Morgan fingerprint density at radius 3 is 2.62 bits per heavy atom. The van der Waals surface area contributed by atoms with E-state index in [9.17, 15) is 9.59 Å². The lowest BCUT2D eigenvalue weighted by molar-refractivity contribution is -0.139. The molecule has 0 bridgehead atoms. The predicted molar refractivity (Wildman–Crippen MR) is 83.8 cm³/mol. The van der Waals surface area contributed by atoms with Gasteiger partial charge in [0, 0.05) is 26.2 Å². The fourth-order valence-electron chi connectivity index (χ4n) is 3.46. The molecule has 3 atom stereocenters. The number of hydrogen-bond donors (Lipinski definition) is 0. The van der Waals surface area contributed by atoms with Crippen LogP contribution in [-0.2, 0) is 9.59 Å². The van der Waals surface area contributed by atoms with Crippen LogP contribution >= 0.6 is 0 Å². The van der Waals surface area contributed by atoms with Gasteiger partial charge in [0.15, 0.2) is 0 Å². The summed E-state index contributed by atoms with van der Waals surface area (Å²) in [5.74, 6) is 0.336. The maximum absolute atomic E-state index is 12.6. The smallest absolute Gasteiger partial charge is 0.226 e. The molecule has 1 heterocycles. The molecule has 0 aromatic carbocycles. The predicted octanol–water partition coefficient (Wildman–Crippen LogP) is 2.67. The maximum atomic E-state index is 12.6. The summed E-state index contributed by atoms with van der Waals surface area (Å²) in [6.07, 6.45) is 7.41. The van der Waals surface area contributed by atoms with Gasteiger partial charge < -0.3 is 9.80 Å². The first-order chi connectivity index (χ1) is 10.1. The second-order valence-corrected chi connectivity index (χ2v) is 6.65. The van der Waals surface area contributed by atoms with Crippen molar-refractivity contribution in [3.05, 3.63) is 0 Å². The Morgan fingerprint density at radius 1 is 1.19 bits per heavy atom. The molecule has 4 heteroatoms. The van der Waals surface area contributed by atoms with Crippen molar-refractivity contribution < 1.29 is 9.59 Å². The summed E-state index contributed by atoms with van der Waals surface area (Å²) in [5.41, 5.74) is 0. The van der Waals surface area contributed by atoms with Crippen molar-refractivity contribution in [3.8, 4) is 0 Å². The van der Waals surface area contributed by atoms with Crippen molar-refractivity contribution in [1.82, 2.24) is 9.80 Å². The monoisotopic (exact) mass is 294 g/mol. The second-order valence-electron chi connectivity index (χ2n) is 6.65. The van der Waals surface area contributed by atoms with Gasteiger partial charge in [-0.3, -0.25) is 9.59 Å². The highest BCUT2D eigenvalue weighted by Crippen LogP contribution is 2.42. The van der Waals surface area contributed by atoms with Crippen LogP contribution in [0.25, 0.3) is 0 Å². The number of carbonyl (C=O) groups is 2. The number of hydrogen-bond acceptors (Lipinski definition) is 2. The molecule has 120 valence electrons. The van der Waals surface area contributed by atoms with Crippen LogP contribution < -0.4 is 0 Å². The van der Waals surface area contributed by atoms with E-state index in [1.165, 1.54) is 6.42 Å². The summed E-state index contributed by atoms with van der Waals surface area (Å²) in [7, 11) is 1.87. The summed E-state index contributed by atoms with van der Waals surface area (Å²) in [6.45, 7) is 5.99. The van der Waals surface area contributed by atoms with Crippen LogP contribution in [0.3, 0.4) is 0 Å². The summed E-state index contributed by atoms with van der Waals surface area (Å²) in [5, 5.41) is 0. The average Bonchev–Trinajstić information content (AvgIpc) is 3.31. The number of carbonyl (C=O) groups excluding carboxylic acids is 2. The summed E-state index contributed by atoms with van der Waals surface area (Å²) >= 11 is 0. The van der Waals surface area contributed by atoms with Crippen LogP contribution in [0.1, 0.15) is 58.8 Å². The van der Waals surface area contributed by atoms with E-state index < -0.39 is 0 Å². The van der Waals surface area contributed by atoms with Crippen LogP contribution in [0.4, 0.5) is 0 Å². The lowest BCUT2D eigenvalue weighted by Crippen LogP contribution is -2.44. The van der Waals surface area contributed by atoms with Crippen LogP contribution in [-0.4, -0.2) is 47.8 Å². The van der Waals surface area contributed by atoms with E-state index in [0.717, 1.165) is 51.6 Å². The molecular weight excluding hydrogens is 264 g/mol. The molecule has 0 aromatic rings. The minimum Gasteiger partial charge on any atom is -0.346 e. The highest BCUT2D eigenvalue weighted by atomic mass is 16.2. The van der Waals surface area contributed by atoms with Crippen molar-refractivity contribution in [2.45, 2.75) is 64.8 Å². The summed E-state index contributed by atoms with van der Waals surface area (Å²) in [6, 6.07) is 0.403. The zero-order valence-corrected chi connectivity index (χ0v) is 13.8. The van der Waals surface area contributed by atoms with E-state index >= 15 is 0 Å². The Bertz CT molecular complexity index is 383. The van der Waals surface area contributed by atoms with Crippen molar-refractivity contribution in [2.24, 2.45) is 11.8 Å². The molecule has 1 aliphatic carbocycles. The standard InChI is InChI=1S/C17H30N2O2/c1-4-6-10-18(3)16(20)14-12-15(14)17(21)19-11-8-7-9-13(19)5-2/h13-15H,4-12H2,1-3H3. The molecule has 0 spiro atoms. The van der Waals surface area contributed by atoms with Crippen molar-refractivity contribution in [1.29, 1.82) is 0 Å². The van der Waals surface area contributed by atoms with Gasteiger partial charge in [0.25, 0.3) is 0 Å². The second kappa shape index (κ2) is 7.28. The van der Waals surface area contributed by atoms with Gasteiger partial charge in [-0.2, -0.15) is 0 Å². The molecule has 1 saturated heterocycles. The zero-order chi connectivity index (χ0) is 15.4. The molecule has 0 radical (unpaired) electrons. The van der Waals surface area contributed by atoms with Gasteiger partial charge in [-0.25, -0.2) is 0 Å². The van der Waals surface area contributed by atoms with Gasteiger partial charge in [-0.1, -0.05) is 20.3 Å². The van der Waals surface area contributed by atoms with Crippen molar-refractivity contribution >= 4 is 11.8 Å². The maximum Gasteiger partial charge on any atom is 0.226 e. The number of rotatable bonds is 6. The van der Waals surface area contributed by atoms with Gasteiger partial charge >= 0.3 is 0 Å². The molecule has 2 fully saturated rings. The zero-order valence-electron chi connectivity index (χ0n) is 13.8. The quantitative estimate of drug-likeness (QED) is 0.755. The third-order valence-electron chi connectivity index (χ3n) is 5.03. The molecule has 0 N–H and O–H groups in total. The summed E-state index contributed by atoms with van der Waals surface area (Å²) in [4.78, 5) is 28.8. The fraction of sp³-hybridized carbons (Fsp3) is 0.882. The van der Waals surface area contributed by atoms with Crippen LogP contribution in [0.2, 0.25) is 0 Å². The Kier molecular flexibility index (Phi) is 5.65. The van der Waals surface area contributed by atoms with Gasteiger partial charge in [-0.05, 0) is 38.5 Å². The van der Waals surface area contributed by atoms with E-state index in [1.807, 2.05) is 11.9 Å². The Morgan fingerprint density at radius 2 is 1.95 bits per heavy atom. The Hall–Kier alpha value is -1.06. The molecule has 4 nitrogen and oxygen atoms in total. The highest BCUT2D eigenvalue weighted by molar-refractivity contribution is 5.92. The lowest BCUT2D eigenvalue weighted by Gasteiger charge is -2.35. The van der Waals surface area contributed by atoms with Crippen molar-refractivity contribution in [3.63, 3.8) is 0 Å². The fourth-order valence-corrected chi connectivity index (χ4v) is 3.46. The topological polar surface area (TPSA) is 40.6 Å². The molecule has 1 saturated carbocycles. The Balaban J connectivity index is 1.86. The minimum atomic E-state index is -0.0428. The molecule has 3 unspecified atom stereocenters. The normalized spacial score (nSPS) is 28.3. The van der Waals surface area contributed by atoms with E-state index in [1.54, 1.807) is 0 Å². The first-order valence-corrected chi connectivity index (χ1v) is 8.65. The molecule has 2 amide bonds. The highest BCUT2D eigenvalue weighted by Gasteiger charge is 2.51. The third kappa shape index (κ3) is 3.78. The molecule has 2 rings (SSSR count). The Labute approximate surface area is 128 Å². The minimum absolute atomic E-state index is 0.0336. The molecule has 0 aromatic heterocycles. The molecule has 2 aliphatic rings. The molecule has 1 aliphatic heterocycles. The van der Waals surface area contributed by atoms with E-state index in [0.29, 0.717) is 6.04 Å². The van der Waals surface area contributed by atoms with E-state index in [2.05, 4.69) is 18.7 Å². The first-order valence-electron chi connectivity index (χ1n) is 8.65. The molecular formula is C17H30N2O2. The van der Waals surface area contributed by atoms with E-state index in [4.69, 9.17) is 0 Å². The number of nitrogens with zero attached hydrogens (tertiary/aromatic N) is 2. The third-order valence-corrected chi connectivity index (χ3v) is 5.03. The van der Waals surface area contributed by atoms with Crippen molar-refractivity contribution in [2.75, 3.05) is 20.1 Å². The molecule has 21 heavy (non-hydrogen) atoms. The average molecular weight is 294 g/mol. The number of amides is 2. The lowest BCUT2D eigenvalue weighted by atomic mass is 9.99. The van der Waals surface area contributed by atoms with Crippen LogP contribution in [0.5, 0.6) is 0 Å². The first kappa shape index (κ1) is 16.3. The largest absolute Gasteiger partial charge is 0.346 e. The van der Waals surface area contributed by atoms with Crippen LogP contribution in [0, 0.1) is 11.8 Å². The SMILES string of the molecule is CCCCN(C)C(=O)C1CC1C(=O)N1CCCCC1CC. The number of piperidine rings is 1.